The zero-order valence-corrected chi connectivity index (χ0v) is 8.91. The van der Waals surface area contributed by atoms with Crippen LogP contribution in [0.15, 0.2) is 24.3 Å². The second kappa shape index (κ2) is 10.0. The summed E-state index contributed by atoms with van der Waals surface area (Å²) >= 11 is 0. The topological polar surface area (TPSA) is 37.3 Å². The van der Waals surface area contributed by atoms with Crippen molar-refractivity contribution in [2.45, 2.75) is 45.4 Å². The number of unbranched alkanes of at least 4 members (excludes halogenated alkanes) is 4. The van der Waals surface area contributed by atoms with Gasteiger partial charge in [0.05, 0.1) is 0 Å². The van der Waals surface area contributed by atoms with Crippen LogP contribution in [-0.4, -0.2) is 11.1 Å². The molecule has 0 fully saturated rings. The highest BCUT2D eigenvalue weighted by atomic mass is 16.4. The highest BCUT2D eigenvalue weighted by Gasteiger charge is 1.84. The monoisotopic (exact) mass is 196 g/mol. The minimum atomic E-state index is -0.874. The molecule has 0 saturated heterocycles. The van der Waals surface area contributed by atoms with Gasteiger partial charge in [0.2, 0.25) is 0 Å². The van der Waals surface area contributed by atoms with Crippen molar-refractivity contribution in [2.24, 2.45) is 0 Å². The van der Waals surface area contributed by atoms with Gasteiger partial charge in [-0.3, -0.25) is 0 Å². The zero-order chi connectivity index (χ0) is 10.6. The van der Waals surface area contributed by atoms with Crippen molar-refractivity contribution in [1.82, 2.24) is 0 Å². The summed E-state index contributed by atoms with van der Waals surface area (Å²) in [6.07, 6.45) is 13.9. The fraction of sp³-hybridized carbons (Fsp3) is 0.583. The second-order valence-corrected chi connectivity index (χ2v) is 3.30. The molecule has 0 spiro atoms. The summed E-state index contributed by atoms with van der Waals surface area (Å²) in [6, 6.07) is 0. The summed E-state index contributed by atoms with van der Waals surface area (Å²) in [6.45, 7) is 2.20. The van der Waals surface area contributed by atoms with Crippen LogP contribution in [0.1, 0.15) is 45.4 Å². The van der Waals surface area contributed by atoms with Gasteiger partial charge in [-0.15, -0.1) is 0 Å². The molecule has 80 valence electrons. The van der Waals surface area contributed by atoms with E-state index in [9.17, 15) is 4.79 Å². The fourth-order valence-electron chi connectivity index (χ4n) is 1.15. The first-order valence-electron chi connectivity index (χ1n) is 5.31. The Morgan fingerprint density at radius 2 is 1.93 bits per heavy atom. The SMILES string of the molecule is CCCCCCC=CC/C=C/C(=O)O. The summed E-state index contributed by atoms with van der Waals surface area (Å²) in [5.74, 6) is -0.874. The fourth-order valence-corrected chi connectivity index (χ4v) is 1.15. The molecule has 0 bridgehead atoms. The van der Waals surface area contributed by atoms with E-state index >= 15 is 0 Å². The molecule has 0 aromatic heterocycles. The van der Waals surface area contributed by atoms with Crippen LogP contribution >= 0.6 is 0 Å². The molecular weight excluding hydrogens is 176 g/mol. The molecule has 0 aromatic rings. The minimum Gasteiger partial charge on any atom is -0.478 e. The Morgan fingerprint density at radius 3 is 2.57 bits per heavy atom. The quantitative estimate of drug-likeness (QED) is 0.366. The van der Waals surface area contributed by atoms with E-state index in [-0.39, 0.29) is 0 Å². The van der Waals surface area contributed by atoms with Gasteiger partial charge in [0.25, 0.3) is 0 Å². The molecule has 0 aliphatic heterocycles. The number of hydrogen-bond acceptors (Lipinski definition) is 1. The number of carboxylic acids is 1. The normalized spacial score (nSPS) is 11.5. The van der Waals surface area contributed by atoms with E-state index < -0.39 is 5.97 Å². The van der Waals surface area contributed by atoms with Gasteiger partial charge in [-0.05, 0) is 19.3 Å². The summed E-state index contributed by atoms with van der Waals surface area (Å²) in [5.41, 5.74) is 0. The maximum atomic E-state index is 10.1. The van der Waals surface area contributed by atoms with Gasteiger partial charge in [0.15, 0.2) is 0 Å². The van der Waals surface area contributed by atoms with Crippen molar-refractivity contribution in [3.05, 3.63) is 24.3 Å². The van der Waals surface area contributed by atoms with Gasteiger partial charge >= 0.3 is 5.97 Å². The average molecular weight is 196 g/mol. The van der Waals surface area contributed by atoms with Gasteiger partial charge in [-0.25, -0.2) is 4.79 Å². The first-order chi connectivity index (χ1) is 6.77. The van der Waals surface area contributed by atoms with E-state index in [0.717, 1.165) is 12.8 Å². The lowest BCUT2D eigenvalue weighted by Gasteiger charge is -1.93. The molecule has 0 saturated carbocycles. The Kier molecular flexibility index (Phi) is 9.28. The predicted molar refractivity (Wildman–Crippen MR) is 59.3 cm³/mol. The van der Waals surface area contributed by atoms with Crippen LogP contribution in [0.3, 0.4) is 0 Å². The highest BCUT2D eigenvalue weighted by Crippen LogP contribution is 2.03. The van der Waals surface area contributed by atoms with Crippen LogP contribution in [0.5, 0.6) is 0 Å². The number of aliphatic carboxylic acids is 1. The first kappa shape index (κ1) is 12.9. The van der Waals surface area contributed by atoms with Gasteiger partial charge in [-0.2, -0.15) is 0 Å². The predicted octanol–water partition coefficient (Wildman–Crippen LogP) is 3.54. The van der Waals surface area contributed by atoms with E-state index in [1.165, 1.54) is 31.8 Å². The molecule has 0 aliphatic rings. The van der Waals surface area contributed by atoms with Crippen LogP contribution in [0.2, 0.25) is 0 Å². The van der Waals surface area contributed by atoms with Gasteiger partial charge in [-0.1, -0.05) is 44.4 Å². The Hall–Kier alpha value is -1.05. The Balaban J connectivity index is 3.23. The number of carbonyl (C=O) groups is 1. The largest absolute Gasteiger partial charge is 0.478 e. The highest BCUT2D eigenvalue weighted by molar-refractivity contribution is 5.79. The van der Waals surface area contributed by atoms with E-state index in [1.807, 2.05) is 6.08 Å². The lowest BCUT2D eigenvalue weighted by molar-refractivity contribution is -0.131. The van der Waals surface area contributed by atoms with Crippen LogP contribution < -0.4 is 0 Å². The molecule has 1 N–H and O–H groups in total. The molecule has 0 unspecified atom stereocenters. The minimum absolute atomic E-state index is 0.722. The van der Waals surface area contributed by atoms with Crippen LogP contribution in [0.25, 0.3) is 0 Å². The molecule has 0 rings (SSSR count). The molecular formula is C12H20O2. The zero-order valence-electron chi connectivity index (χ0n) is 8.91. The number of hydrogen-bond donors (Lipinski definition) is 1. The van der Waals surface area contributed by atoms with E-state index in [1.54, 1.807) is 6.08 Å². The molecule has 0 aliphatic carbocycles. The van der Waals surface area contributed by atoms with E-state index in [4.69, 9.17) is 5.11 Å². The maximum absolute atomic E-state index is 10.1. The maximum Gasteiger partial charge on any atom is 0.327 e. The molecule has 0 atom stereocenters. The Bertz CT molecular complexity index is 192. The molecule has 14 heavy (non-hydrogen) atoms. The van der Waals surface area contributed by atoms with Crippen molar-refractivity contribution in [3.63, 3.8) is 0 Å². The van der Waals surface area contributed by atoms with Crippen molar-refractivity contribution in [1.29, 1.82) is 0 Å². The van der Waals surface area contributed by atoms with Crippen molar-refractivity contribution >= 4 is 5.97 Å². The summed E-state index contributed by atoms with van der Waals surface area (Å²) in [4.78, 5) is 10.1. The molecule has 2 heteroatoms. The summed E-state index contributed by atoms with van der Waals surface area (Å²) in [7, 11) is 0. The Labute approximate surface area is 86.3 Å². The number of allylic oxidation sites excluding steroid dienone is 3. The van der Waals surface area contributed by atoms with Crippen LogP contribution in [0, 0.1) is 0 Å². The molecule has 0 amide bonds. The van der Waals surface area contributed by atoms with Gasteiger partial charge < -0.3 is 5.11 Å². The summed E-state index contributed by atoms with van der Waals surface area (Å²) in [5, 5.41) is 8.30. The van der Waals surface area contributed by atoms with Crippen molar-refractivity contribution < 1.29 is 9.90 Å². The molecule has 0 radical (unpaired) electrons. The number of carboxylic acid groups (broad SMARTS) is 1. The standard InChI is InChI=1S/C12H20O2/c1-2-3-4-5-6-7-8-9-10-11-12(13)14/h7-8,10-11H,2-6,9H2,1H3,(H,13,14)/b8-7?,11-10+. The number of rotatable bonds is 8. The third kappa shape index (κ3) is 11.0. The van der Waals surface area contributed by atoms with Crippen LogP contribution in [-0.2, 0) is 4.79 Å². The van der Waals surface area contributed by atoms with Crippen molar-refractivity contribution in [3.8, 4) is 0 Å². The lowest BCUT2D eigenvalue weighted by Crippen LogP contribution is -1.84. The van der Waals surface area contributed by atoms with Crippen molar-refractivity contribution in [2.75, 3.05) is 0 Å². The van der Waals surface area contributed by atoms with Crippen LogP contribution in [0.4, 0.5) is 0 Å². The van der Waals surface area contributed by atoms with Gasteiger partial charge in [0.1, 0.15) is 0 Å². The third-order valence-electron chi connectivity index (χ3n) is 1.92. The Morgan fingerprint density at radius 1 is 1.14 bits per heavy atom. The van der Waals surface area contributed by atoms with E-state index in [0.29, 0.717) is 0 Å². The molecule has 2 nitrogen and oxygen atoms in total. The summed E-state index contributed by atoms with van der Waals surface area (Å²) < 4.78 is 0. The second-order valence-electron chi connectivity index (χ2n) is 3.30. The molecule has 0 aromatic carbocycles. The van der Waals surface area contributed by atoms with Gasteiger partial charge in [0, 0.05) is 6.08 Å². The van der Waals surface area contributed by atoms with E-state index in [2.05, 4.69) is 13.0 Å². The lowest BCUT2D eigenvalue weighted by atomic mass is 10.1. The average Bonchev–Trinajstić information content (AvgIpc) is 2.15. The molecule has 0 heterocycles. The third-order valence-corrected chi connectivity index (χ3v) is 1.92. The first-order valence-corrected chi connectivity index (χ1v) is 5.31. The smallest absolute Gasteiger partial charge is 0.327 e.